The normalized spacial score (nSPS) is 10.4. The number of benzene rings is 3. The Hall–Kier alpha value is -3.93. The predicted octanol–water partition coefficient (Wildman–Crippen LogP) is 4.84. The van der Waals surface area contributed by atoms with Crippen molar-refractivity contribution >= 4 is 17.3 Å². The molecule has 0 aliphatic rings. The van der Waals surface area contributed by atoms with Gasteiger partial charge in [0.2, 0.25) is 5.89 Å². The van der Waals surface area contributed by atoms with Gasteiger partial charge >= 0.3 is 5.97 Å². The zero-order valence-electron chi connectivity index (χ0n) is 14.9. The van der Waals surface area contributed by atoms with Crippen molar-refractivity contribution in [2.75, 3.05) is 5.32 Å². The van der Waals surface area contributed by atoms with E-state index in [2.05, 4.69) is 15.5 Å². The lowest BCUT2D eigenvalue weighted by atomic mass is 10.1. The zero-order chi connectivity index (χ0) is 19.2. The third kappa shape index (κ3) is 4.07. The fourth-order valence-corrected chi connectivity index (χ4v) is 2.66. The molecule has 4 aromatic rings. The number of anilines is 2. The Balaban J connectivity index is 1.44. The highest BCUT2D eigenvalue weighted by atomic mass is 16.5. The number of carbonyl (C=O) groups is 1. The highest BCUT2D eigenvalue weighted by molar-refractivity contribution is 5.96. The molecule has 0 radical (unpaired) electrons. The van der Waals surface area contributed by atoms with Crippen LogP contribution >= 0.6 is 0 Å². The minimum atomic E-state index is -0.474. The minimum Gasteiger partial charge on any atom is -0.452 e. The molecule has 0 spiro atoms. The maximum atomic E-state index is 12.6. The number of hydrogen-bond donors (Lipinski definition) is 1. The van der Waals surface area contributed by atoms with Crippen LogP contribution in [0.4, 0.5) is 11.4 Å². The van der Waals surface area contributed by atoms with E-state index in [1.54, 1.807) is 12.1 Å². The summed E-state index contributed by atoms with van der Waals surface area (Å²) in [5, 5.41) is 11.2. The van der Waals surface area contributed by atoms with Gasteiger partial charge in [-0.2, -0.15) is 0 Å². The molecule has 0 aliphatic heterocycles. The molecule has 0 amide bonds. The van der Waals surface area contributed by atoms with Crippen LogP contribution in [0.1, 0.15) is 16.2 Å². The molecule has 1 N–H and O–H groups in total. The maximum Gasteiger partial charge on any atom is 0.340 e. The second-order valence-electron chi connectivity index (χ2n) is 5.98. The van der Waals surface area contributed by atoms with Crippen LogP contribution in [0, 0.1) is 0 Å². The van der Waals surface area contributed by atoms with Gasteiger partial charge in [0.25, 0.3) is 5.89 Å². The first-order valence-corrected chi connectivity index (χ1v) is 8.75. The molecular formula is C22H17N3O3. The van der Waals surface area contributed by atoms with Gasteiger partial charge in [0, 0.05) is 11.3 Å². The van der Waals surface area contributed by atoms with Gasteiger partial charge < -0.3 is 14.5 Å². The van der Waals surface area contributed by atoms with E-state index in [4.69, 9.17) is 9.15 Å². The molecular weight excluding hydrogens is 354 g/mol. The van der Waals surface area contributed by atoms with Crippen LogP contribution in [0.5, 0.6) is 0 Å². The number of esters is 1. The van der Waals surface area contributed by atoms with Gasteiger partial charge in [0.1, 0.15) is 0 Å². The Kier molecular flexibility index (Phi) is 5.11. The van der Waals surface area contributed by atoms with E-state index < -0.39 is 5.97 Å². The average molecular weight is 371 g/mol. The lowest BCUT2D eigenvalue weighted by Crippen LogP contribution is -2.08. The number of nitrogens with one attached hydrogen (secondary N) is 1. The summed E-state index contributed by atoms with van der Waals surface area (Å²) < 4.78 is 10.9. The first kappa shape index (κ1) is 17.5. The number of nitrogens with zero attached hydrogens (tertiary/aromatic N) is 2. The van der Waals surface area contributed by atoms with E-state index in [1.807, 2.05) is 72.8 Å². The van der Waals surface area contributed by atoms with Crippen LogP contribution in [-0.2, 0) is 11.3 Å². The van der Waals surface area contributed by atoms with Crippen molar-refractivity contribution in [1.29, 1.82) is 0 Å². The summed E-state index contributed by atoms with van der Waals surface area (Å²) in [5.74, 6) is 0.150. The molecule has 0 aliphatic carbocycles. The Morgan fingerprint density at radius 1 is 0.857 bits per heavy atom. The molecule has 0 unspecified atom stereocenters. The predicted molar refractivity (Wildman–Crippen MR) is 105 cm³/mol. The monoisotopic (exact) mass is 371 g/mol. The number of ether oxygens (including phenoxy) is 1. The number of para-hydroxylation sites is 2. The van der Waals surface area contributed by atoms with Gasteiger partial charge in [-0.25, -0.2) is 4.79 Å². The van der Waals surface area contributed by atoms with Gasteiger partial charge in [0.05, 0.1) is 11.3 Å². The second-order valence-corrected chi connectivity index (χ2v) is 5.98. The molecule has 28 heavy (non-hydrogen) atoms. The first-order chi connectivity index (χ1) is 13.8. The van der Waals surface area contributed by atoms with E-state index in [0.717, 1.165) is 11.3 Å². The van der Waals surface area contributed by atoms with Crippen molar-refractivity contribution in [1.82, 2.24) is 10.2 Å². The molecule has 0 saturated carbocycles. The summed E-state index contributed by atoms with van der Waals surface area (Å²) in [6.07, 6.45) is 0. The standard InChI is InChI=1S/C22H17N3O3/c26-22(18-13-7-8-14-19(18)23-17-11-5-2-6-12-17)27-15-20-24-25-21(28-20)16-9-3-1-4-10-16/h1-14,23H,15H2. The Labute approximate surface area is 161 Å². The summed E-state index contributed by atoms with van der Waals surface area (Å²) in [6, 6.07) is 26.2. The van der Waals surface area contributed by atoms with Crippen molar-refractivity contribution in [2.45, 2.75) is 6.61 Å². The Morgan fingerprint density at radius 2 is 1.54 bits per heavy atom. The van der Waals surface area contributed by atoms with Gasteiger partial charge in [-0.3, -0.25) is 0 Å². The molecule has 0 fully saturated rings. The third-order valence-electron chi connectivity index (χ3n) is 4.01. The van der Waals surface area contributed by atoms with E-state index in [9.17, 15) is 4.79 Å². The number of rotatable bonds is 6. The molecule has 6 heteroatoms. The Morgan fingerprint density at radius 3 is 2.32 bits per heavy atom. The van der Waals surface area contributed by atoms with Crippen molar-refractivity contribution < 1.29 is 13.9 Å². The lowest BCUT2D eigenvalue weighted by Gasteiger charge is -2.11. The minimum absolute atomic E-state index is 0.0989. The van der Waals surface area contributed by atoms with E-state index in [-0.39, 0.29) is 12.5 Å². The van der Waals surface area contributed by atoms with Crippen LogP contribution in [0.2, 0.25) is 0 Å². The summed E-state index contributed by atoms with van der Waals surface area (Å²) in [5.41, 5.74) is 2.78. The molecule has 4 rings (SSSR count). The summed E-state index contributed by atoms with van der Waals surface area (Å²) in [7, 11) is 0. The highest BCUT2D eigenvalue weighted by Gasteiger charge is 2.15. The summed E-state index contributed by atoms with van der Waals surface area (Å²) >= 11 is 0. The largest absolute Gasteiger partial charge is 0.452 e. The molecule has 0 bridgehead atoms. The van der Waals surface area contributed by atoms with Crippen molar-refractivity contribution in [3.8, 4) is 11.5 Å². The molecule has 0 atom stereocenters. The topological polar surface area (TPSA) is 77.2 Å². The van der Waals surface area contributed by atoms with Crippen molar-refractivity contribution in [2.24, 2.45) is 0 Å². The van der Waals surface area contributed by atoms with Crippen LogP contribution < -0.4 is 5.32 Å². The molecule has 3 aromatic carbocycles. The van der Waals surface area contributed by atoms with Crippen molar-refractivity contribution in [3.63, 3.8) is 0 Å². The third-order valence-corrected chi connectivity index (χ3v) is 4.01. The van der Waals surface area contributed by atoms with Crippen LogP contribution in [-0.4, -0.2) is 16.2 Å². The van der Waals surface area contributed by atoms with Gasteiger partial charge in [-0.1, -0.05) is 48.5 Å². The lowest BCUT2D eigenvalue weighted by molar-refractivity contribution is 0.0440. The number of aromatic nitrogens is 2. The van der Waals surface area contributed by atoms with Gasteiger partial charge in [0.15, 0.2) is 6.61 Å². The van der Waals surface area contributed by atoms with E-state index in [1.165, 1.54) is 0 Å². The maximum absolute atomic E-state index is 12.6. The van der Waals surface area contributed by atoms with Crippen molar-refractivity contribution in [3.05, 3.63) is 96.4 Å². The molecule has 0 saturated heterocycles. The summed E-state index contributed by atoms with van der Waals surface area (Å²) in [4.78, 5) is 12.6. The summed E-state index contributed by atoms with van der Waals surface area (Å²) in [6.45, 7) is -0.0989. The molecule has 1 aromatic heterocycles. The average Bonchev–Trinajstić information content (AvgIpc) is 3.23. The SMILES string of the molecule is O=C(OCc1nnc(-c2ccccc2)o1)c1ccccc1Nc1ccccc1. The number of carbonyl (C=O) groups excluding carboxylic acids is 1. The van der Waals surface area contributed by atoms with E-state index in [0.29, 0.717) is 17.1 Å². The van der Waals surface area contributed by atoms with Gasteiger partial charge in [-0.15, -0.1) is 10.2 Å². The van der Waals surface area contributed by atoms with Crippen LogP contribution in [0.3, 0.4) is 0 Å². The smallest absolute Gasteiger partial charge is 0.340 e. The fraction of sp³-hybridized carbons (Fsp3) is 0.0455. The quantitative estimate of drug-likeness (QED) is 0.489. The van der Waals surface area contributed by atoms with Gasteiger partial charge in [-0.05, 0) is 36.4 Å². The number of hydrogen-bond acceptors (Lipinski definition) is 6. The molecule has 6 nitrogen and oxygen atoms in total. The second kappa shape index (κ2) is 8.18. The van der Waals surface area contributed by atoms with Crippen LogP contribution in [0.15, 0.2) is 89.3 Å². The zero-order valence-corrected chi connectivity index (χ0v) is 14.9. The first-order valence-electron chi connectivity index (χ1n) is 8.75. The molecule has 138 valence electrons. The fourth-order valence-electron chi connectivity index (χ4n) is 2.66. The Bertz CT molecular complexity index is 1060. The molecule has 1 heterocycles. The van der Waals surface area contributed by atoms with Crippen LogP contribution in [0.25, 0.3) is 11.5 Å². The highest BCUT2D eigenvalue weighted by Crippen LogP contribution is 2.22. The van der Waals surface area contributed by atoms with E-state index >= 15 is 0 Å².